The van der Waals surface area contributed by atoms with Crippen LogP contribution >= 0.6 is 0 Å². The maximum absolute atomic E-state index is 13.1. The highest BCUT2D eigenvalue weighted by Gasteiger charge is 2.62. The van der Waals surface area contributed by atoms with Crippen LogP contribution in [0.5, 0.6) is 0 Å². The fraction of sp³-hybridized carbons (Fsp3) is 0.429. The van der Waals surface area contributed by atoms with Gasteiger partial charge in [0.1, 0.15) is 17.3 Å². The van der Waals surface area contributed by atoms with E-state index in [4.69, 9.17) is 4.42 Å². The number of carbonyl (C=O) groups is 2. The number of amides is 2. The van der Waals surface area contributed by atoms with E-state index in [2.05, 4.69) is 5.32 Å². The standard InChI is InChI=1S/C21H24N2O3/c1-21(22-19(24)15-9-4-2-5-10-15)18(17-13-8-14-26-17)23(20(21)25)16-11-6-3-7-12-16/h2,4-5,8-10,13-14,16,18H,3,6-7,11-12H2,1H3,(H,22,24). The van der Waals surface area contributed by atoms with Gasteiger partial charge in [-0.3, -0.25) is 9.59 Å². The summed E-state index contributed by atoms with van der Waals surface area (Å²) in [5.41, 5.74) is -0.432. The number of benzene rings is 1. The Balaban J connectivity index is 1.61. The molecule has 4 rings (SSSR count). The molecule has 1 N–H and O–H groups in total. The summed E-state index contributed by atoms with van der Waals surface area (Å²) in [5.74, 6) is 0.474. The first-order chi connectivity index (χ1) is 12.6. The third-order valence-electron chi connectivity index (χ3n) is 5.69. The van der Waals surface area contributed by atoms with Gasteiger partial charge in [-0.15, -0.1) is 0 Å². The lowest BCUT2D eigenvalue weighted by atomic mass is 9.75. The fourth-order valence-corrected chi connectivity index (χ4v) is 4.34. The Kier molecular flexibility index (Phi) is 4.31. The lowest BCUT2D eigenvalue weighted by molar-refractivity contribution is -0.169. The number of β-lactam (4-membered cyclic amide) rings is 1. The number of furan rings is 1. The molecular weight excluding hydrogens is 328 g/mol. The molecule has 1 aliphatic carbocycles. The summed E-state index contributed by atoms with van der Waals surface area (Å²) in [7, 11) is 0. The van der Waals surface area contributed by atoms with Crippen molar-refractivity contribution in [1.82, 2.24) is 10.2 Å². The summed E-state index contributed by atoms with van der Waals surface area (Å²) in [6.07, 6.45) is 7.18. The largest absolute Gasteiger partial charge is 0.467 e. The fourth-order valence-electron chi connectivity index (χ4n) is 4.34. The Bertz CT molecular complexity index is 781. The molecule has 26 heavy (non-hydrogen) atoms. The molecule has 2 atom stereocenters. The third-order valence-corrected chi connectivity index (χ3v) is 5.69. The van der Waals surface area contributed by atoms with Gasteiger partial charge in [-0.1, -0.05) is 37.5 Å². The summed E-state index contributed by atoms with van der Waals surface area (Å²) in [6.45, 7) is 1.81. The normalized spacial score (nSPS) is 26.4. The van der Waals surface area contributed by atoms with Crippen LogP contribution in [0.15, 0.2) is 53.1 Å². The van der Waals surface area contributed by atoms with Crippen molar-refractivity contribution in [2.24, 2.45) is 0 Å². The first kappa shape index (κ1) is 16.9. The molecule has 0 bridgehead atoms. The van der Waals surface area contributed by atoms with E-state index < -0.39 is 5.54 Å². The van der Waals surface area contributed by atoms with Crippen LogP contribution in [0, 0.1) is 0 Å². The van der Waals surface area contributed by atoms with Gasteiger partial charge in [-0.2, -0.15) is 0 Å². The highest BCUT2D eigenvalue weighted by atomic mass is 16.3. The molecule has 1 saturated heterocycles. The van der Waals surface area contributed by atoms with E-state index in [0.717, 1.165) is 31.4 Å². The Hall–Kier alpha value is -2.56. The van der Waals surface area contributed by atoms with E-state index in [9.17, 15) is 9.59 Å². The summed E-state index contributed by atoms with van der Waals surface area (Å²) >= 11 is 0. The van der Waals surface area contributed by atoms with Crippen LogP contribution in [0.3, 0.4) is 0 Å². The molecule has 2 aliphatic rings. The van der Waals surface area contributed by atoms with Gasteiger partial charge in [0.15, 0.2) is 0 Å². The van der Waals surface area contributed by atoms with Gasteiger partial charge in [-0.05, 0) is 44.0 Å². The molecule has 1 aliphatic heterocycles. The first-order valence-corrected chi connectivity index (χ1v) is 9.35. The van der Waals surface area contributed by atoms with Crippen LogP contribution in [0.1, 0.15) is 61.2 Å². The number of hydrogen-bond donors (Lipinski definition) is 1. The topological polar surface area (TPSA) is 62.6 Å². The minimum absolute atomic E-state index is 0.0184. The van der Waals surface area contributed by atoms with Crippen molar-refractivity contribution in [2.45, 2.75) is 56.7 Å². The van der Waals surface area contributed by atoms with Crippen molar-refractivity contribution in [2.75, 3.05) is 0 Å². The number of likely N-dealkylation sites (tertiary alicyclic amines) is 1. The lowest BCUT2D eigenvalue weighted by Gasteiger charge is -2.57. The first-order valence-electron chi connectivity index (χ1n) is 9.35. The quantitative estimate of drug-likeness (QED) is 0.854. The zero-order valence-electron chi connectivity index (χ0n) is 15.0. The SMILES string of the molecule is CC1(NC(=O)c2ccccc2)C(=O)N(C2CCCCC2)C1c1ccco1. The average Bonchev–Trinajstić information content (AvgIpc) is 3.20. The molecule has 5 heteroatoms. The predicted molar refractivity (Wildman–Crippen MR) is 97.5 cm³/mol. The highest BCUT2D eigenvalue weighted by Crippen LogP contribution is 2.47. The van der Waals surface area contributed by atoms with E-state index in [-0.39, 0.29) is 23.9 Å². The highest BCUT2D eigenvalue weighted by molar-refractivity contribution is 6.02. The van der Waals surface area contributed by atoms with Crippen molar-refractivity contribution >= 4 is 11.8 Å². The van der Waals surface area contributed by atoms with E-state index in [1.165, 1.54) is 6.42 Å². The molecular formula is C21H24N2O3. The van der Waals surface area contributed by atoms with Gasteiger partial charge < -0.3 is 14.6 Å². The van der Waals surface area contributed by atoms with E-state index in [0.29, 0.717) is 5.56 Å². The van der Waals surface area contributed by atoms with Crippen molar-refractivity contribution in [3.8, 4) is 0 Å². The molecule has 2 fully saturated rings. The minimum atomic E-state index is -0.984. The van der Waals surface area contributed by atoms with Crippen LogP contribution in [-0.4, -0.2) is 28.3 Å². The Morgan fingerprint density at radius 3 is 2.50 bits per heavy atom. The van der Waals surface area contributed by atoms with E-state index >= 15 is 0 Å². The molecule has 5 nitrogen and oxygen atoms in total. The molecule has 1 saturated carbocycles. The van der Waals surface area contributed by atoms with Gasteiger partial charge in [0.25, 0.3) is 11.8 Å². The predicted octanol–water partition coefficient (Wildman–Crippen LogP) is 3.68. The molecule has 2 unspecified atom stereocenters. The molecule has 0 spiro atoms. The van der Waals surface area contributed by atoms with Crippen molar-refractivity contribution in [3.63, 3.8) is 0 Å². The van der Waals surface area contributed by atoms with Crippen molar-refractivity contribution in [1.29, 1.82) is 0 Å². The molecule has 2 amide bonds. The molecule has 136 valence electrons. The summed E-state index contributed by atoms with van der Waals surface area (Å²) in [4.78, 5) is 27.7. The number of rotatable bonds is 4. The van der Waals surface area contributed by atoms with Crippen molar-refractivity contribution in [3.05, 3.63) is 60.1 Å². The average molecular weight is 352 g/mol. The van der Waals surface area contributed by atoms with E-state index in [1.54, 1.807) is 18.4 Å². The molecule has 1 aromatic carbocycles. The van der Waals surface area contributed by atoms with Crippen molar-refractivity contribution < 1.29 is 14.0 Å². The summed E-state index contributed by atoms with van der Waals surface area (Å²) in [6, 6.07) is 12.7. The second-order valence-corrected chi connectivity index (χ2v) is 7.44. The third kappa shape index (κ3) is 2.71. The smallest absolute Gasteiger partial charge is 0.252 e. The van der Waals surface area contributed by atoms with Crippen LogP contribution in [0.2, 0.25) is 0 Å². The molecule has 2 heterocycles. The second kappa shape index (κ2) is 6.63. The Labute approximate surface area is 153 Å². The summed E-state index contributed by atoms with van der Waals surface area (Å²) in [5, 5.41) is 2.98. The zero-order valence-corrected chi connectivity index (χ0v) is 15.0. The van der Waals surface area contributed by atoms with Crippen LogP contribution in [-0.2, 0) is 4.79 Å². The van der Waals surface area contributed by atoms with Crippen LogP contribution < -0.4 is 5.32 Å². The van der Waals surface area contributed by atoms with Crippen LogP contribution in [0.25, 0.3) is 0 Å². The monoisotopic (exact) mass is 352 g/mol. The molecule has 2 aromatic rings. The maximum atomic E-state index is 13.1. The second-order valence-electron chi connectivity index (χ2n) is 7.44. The Morgan fingerprint density at radius 1 is 1.12 bits per heavy atom. The van der Waals surface area contributed by atoms with Gasteiger partial charge in [0.05, 0.1) is 6.26 Å². The van der Waals surface area contributed by atoms with E-state index in [1.807, 2.05) is 42.2 Å². The van der Waals surface area contributed by atoms with Gasteiger partial charge in [0, 0.05) is 11.6 Å². The number of carbonyl (C=O) groups excluding carboxylic acids is 2. The maximum Gasteiger partial charge on any atom is 0.252 e. The number of nitrogens with zero attached hydrogens (tertiary/aromatic N) is 1. The van der Waals surface area contributed by atoms with Crippen LogP contribution in [0.4, 0.5) is 0 Å². The number of hydrogen-bond acceptors (Lipinski definition) is 3. The number of nitrogens with one attached hydrogen (secondary N) is 1. The minimum Gasteiger partial charge on any atom is -0.467 e. The summed E-state index contributed by atoms with van der Waals surface area (Å²) < 4.78 is 5.64. The van der Waals surface area contributed by atoms with Gasteiger partial charge in [-0.25, -0.2) is 0 Å². The van der Waals surface area contributed by atoms with Gasteiger partial charge in [0.2, 0.25) is 0 Å². The van der Waals surface area contributed by atoms with Gasteiger partial charge >= 0.3 is 0 Å². The zero-order chi connectivity index (χ0) is 18.1. The molecule has 0 radical (unpaired) electrons. The molecule has 1 aromatic heterocycles. The lowest BCUT2D eigenvalue weighted by Crippen LogP contribution is -2.75. The Morgan fingerprint density at radius 2 is 1.85 bits per heavy atom.